The number of urea groups is 1. The molecule has 0 saturated carbocycles. The number of fused-ring (bicyclic) bond motifs is 1. The van der Waals surface area contributed by atoms with Crippen molar-refractivity contribution in [3.05, 3.63) is 34.9 Å². The van der Waals surface area contributed by atoms with Crippen LogP contribution in [0.4, 0.5) is 18.0 Å². The fraction of sp³-hybridized carbons (Fsp3) is 0.333. The lowest BCUT2D eigenvalue weighted by molar-refractivity contribution is -0.111. The van der Waals surface area contributed by atoms with Crippen molar-refractivity contribution in [3.8, 4) is 11.5 Å². The third-order valence-corrected chi connectivity index (χ3v) is 4.36. The summed E-state index contributed by atoms with van der Waals surface area (Å²) < 4.78 is 48.9. The Bertz CT molecular complexity index is 919. The molecule has 1 aromatic carbocycles. The zero-order valence-corrected chi connectivity index (χ0v) is 15.0. The van der Waals surface area contributed by atoms with Crippen molar-refractivity contribution in [1.29, 1.82) is 0 Å². The zero-order chi connectivity index (χ0) is 20.5. The van der Waals surface area contributed by atoms with Crippen LogP contribution in [-0.4, -0.2) is 55.7 Å². The molecule has 28 heavy (non-hydrogen) atoms. The van der Waals surface area contributed by atoms with Gasteiger partial charge in [-0.3, -0.25) is 4.79 Å². The summed E-state index contributed by atoms with van der Waals surface area (Å²) in [7, 11) is 3.01. The van der Waals surface area contributed by atoms with Gasteiger partial charge in [-0.2, -0.15) is 18.2 Å². The van der Waals surface area contributed by atoms with Crippen molar-refractivity contribution in [3.63, 3.8) is 0 Å². The van der Waals surface area contributed by atoms with Gasteiger partial charge in [-0.05, 0) is 35.8 Å². The Balaban J connectivity index is 1.83. The summed E-state index contributed by atoms with van der Waals surface area (Å²) in [6.45, 7) is 0.476. The number of alkyl halides is 3. The Kier molecular flexibility index (Phi) is 5.21. The minimum absolute atomic E-state index is 0.179. The number of carbonyl (C=O) groups is 2. The predicted molar refractivity (Wildman–Crippen MR) is 94.1 cm³/mol. The van der Waals surface area contributed by atoms with Crippen molar-refractivity contribution in [1.82, 2.24) is 4.90 Å². The Labute approximate surface area is 158 Å². The molecular weight excluding hydrogens is 379 g/mol. The molecule has 3 amide bonds. The molecule has 0 fully saturated rings. The number of methoxy groups -OCH3 is 2. The lowest BCUT2D eigenvalue weighted by atomic mass is 9.99. The maximum atomic E-state index is 12.8. The Hall–Kier alpha value is -3.17. The molecule has 0 aromatic heterocycles. The number of benzene rings is 1. The van der Waals surface area contributed by atoms with E-state index in [2.05, 4.69) is 9.98 Å². The van der Waals surface area contributed by atoms with Gasteiger partial charge in [0.1, 0.15) is 5.71 Å². The van der Waals surface area contributed by atoms with Crippen molar-refractivity contribution < 1.29 is 32.2 Å². The van der Waals surface area contributed by atoms with E-state index in [1.165, 1.54) is 19.1 Å². The highest BCUT2D eigenvalue weighted by atomic mass is 19.4. The second kappa shape index (κ2) is 7.45. The first-order valence-corrected chi connectivity index (χ1v) is 8.21. The van der Waals surface area contributed by atoms with E-state index in [0.29, 0.717) is 36.8 Å². The number of hydrogen-bond acceptors (Lipinski definition) is 4. The minimum Gasteiger partial charge on any atom is -0.493 e. The monoisotopic (exact) mass is 395 g/mol. The maximum Gasteiger partial charge on any atom is 0.417 e. The number of rotatable bonds is 2. The summed E-state index contributed by atoms with van der Waals surface area (Å²) in [5.74, 6) is 0.0679. The molecule has 10 heteroatoms. The standard InChI is InChI=1S/C18H16F3N3O4/c1-27-14-5-10-3-4-24(9-11(10)6-15(14)28-2)17(26)23-13-7-12(18(19,20)21)8-22-16(13)25/h5-8H,3-4,9H2,1-2H3/b23-13-. The van der Waals surface area contributed by atoms with Crippen molar-refractivity contribution in [2.24, 2.45) is 9.98 Å². The van der Waals surface area contributed by atoms with Gasteiger partial charge in [-0.1, -0.05) is 0 Å². The van der Waals surface area contributed by atoms with Gasteiger partial charge in [-0.15, -0.1) is 0 Å². The maximum absolute atomic E-state index is 12.8. The normalized spacial score (nSPS) is 18.0. The highest BCUT2D eigenvalue weighted by Gasteiger charge is 2.35. The van der Waals surface area contributed by atoms with E-state index in [1.807, 2.05) is 6.07 Å². The molecule has 2 heterocycles. The van der Waals surface area contributed by atoms with Crippen molar-refractivity contribution in [2.45, 2.75) is 19.1 Å². The number of dihydropyridines is 1. The van der Waals surface area contributed by atoms with Crippen LogP contribution in [0.2, 0.25) is 0 Å². The lowest BCUT2D eigenvalue weighted by Crippen LogP contribution is -2.35. The summed E-state index contributed by atoms with van der Waals surface area (Å²) in [5.41, 5.74) is -0.0127. The fourth-order valence-electron chi connectivity index (χ4n) is 2.90. The second-order valence-corrected chi connectivity index (χ2v) is 6.09. The van der Waals surface area contributed by atoms with E-state index in [-0.39, 0.29) is 6.54 Å². The minimum atomic E-state index is -4.69. The van der Waals surface area contributed by atoms with Crippen LogP contribution in [0.5, 0.6) is 11.5 Å². The largest absolute Gasteiger partial charge is 0.493 e. The third-order valence-electron chi connectivity index (χ3n) is 4.36. The molecule has 0 saturated heterocycles. The summed E-state index contributed by atoms with van der Waals surface area (Å²) in [6.07, 6.45) is -3.24. The molecular formula is C18H16F3N3O4. The Morgan fingerprint density at radius 3 is 2.43 bits per heavy atom. The molecule has 3 rings (SSSR count). The third kappa shape index (κ3) is 3.90. The van der Waals surface area contributed by atoms with Crippen molar-refractivity contribution >= 4 is 23.9 Å². The molecule has 148 valence electrons. The van der Waals surface area contributed by atoms with E-state index < -0.39 is 29.4 Å². The summed E-state index contributed by atoms with van der Waals surface area (Å²) in [4.78, 5) is 32.2. The molecule has 0 atom stereocenters. The summed E-state index contributed by atoms with van der Waals surface area (Å²) >= 11 is 0. The number of nitrogens with zero attached hydrogens (tertiary/aromatic N) is 3. The van der Waals surface area contributed by atoms with Gasteiger partial charge in [-0.25, -0.2) is 9.79 Å². The summed E-state index contributed by atoms with van der Waals surface area (Å²) in [6, 6.07) is 2.75. The number of aliphatic imine (C=N–C) groups is 2. The fourth-order valence-corrected chi connectivity index (χ4v) is 2.90. The van der Waals surface area contributed by atoms with Crippen LogP contribution in [-0.2, 0) is 17.8 Å². The Morgan fingerprint density at radius 2 is 1.82 bits per heavy atom. The van der Waals surface area contributed by atoms with E-state index in [4.69, 9.17) is 9.47 Å². The van der Waals surface area contributed by atoms with Gasteiger partial charge in [0.25, 0.3) is 5.91 Å². The first-order valence-electron chi connectivity index (χ1n) is 8.21. The van der Waals surface area contributed by atoms with Gasteiger partial charge in [0, 0.05) is 19.3 Å². The highest BCUT2D eigenvalue weighted by molar-refractivity contribution is 6.48. The molecule has 0 spiro atoms. The topological polar surface area (TPSA) is 80.6 Å². The number of allylic oxidation sites excluding steroid dienone is 1. The number of halogens is 3. The average Bonchev–Trinajstić information content (AvgIpc) is 2.67. The number of ether oxygens (including phenoxy) is 2. The predicted octanol–water partition coefficient (Wildman–Crippen LogP) is 2.72. The van der Waals surface area contributed by atoms with Crippen LogP contribution in [0.3, 0.4) is 0 Å². The quantitative estimate of drug-likeness (QED) is 0.771. The lowest BCUT2D eigenvalue weighted by Gasteiger charge is -2.28. The first-order chi connectivity index (χ1) is 13.2. The van der Waals surface area contributed by atoms with Crippen molar-refractivity contribution in [2.75, 3.05) is 20.8 Å². The molecule has 0 bridgehead atoms. The highest BCUT2D eigenvalue weighted by Crippen LogP contribution is 2.33. The van der Waals surface area contributed by atoms with Crippen LogP contribution >= 0.6 is 0 Å². The SMILES string of the molecule is COc1cc2c(cc1OC)CN(C(=O)/N=C1/C=C(C(F)(F)F)C=NC1=O)CC2. The van der Waals surface area contributed by atoms with Crippen LogP contribution in [0.15, 0.2) is 33.8 Å². The second-order valence-electron chi connectivity index (χ2n) is 6.09. The van der Waals surface area contributed by atoms with Crippen LogP contribution in [0.1, 0.15) is 11.1 Å². The zero-order valence-electron chi connectivity index (χ0n) is 15.0. The number of carbonyl (C=O) groups excluding carboxylic acids is 2. The number of amides is 3. The van der Waals surface area contributed by atoms with Crippen LogP contribution in [0, 0.1) is 0 Å². The first kappa shape index (κ1) is 19.6. The van der Waals surface area contributed by atoms with Gasteiger partial charge < -0.3 is 14.4 Å². The molecule has 0 unspecified atom stereocenters. The van der Waals surface area contributed by atoms with E-state index in [1.54, 1.807) is 6.07 Å². The smallest absolute Gasteiger partial charge is 0.417 e. The summed E-state index contributed by atoms with van der Waals surface area (Å²) in [5, 5.41) is 0. The molecule has 7 nitrogen and oxygen atoms in total. The van der Waals surface area contributed by atoms with Gasteiger partial charge in [0.05, 0.1) is 19.8 Å². The molecule has 0 radical (unpaired) electrons. The number of hydrogen-bond donors (Lipinski definition) is 0. The van der Waals surface area contributed by atoms with Gasteiger partial charge in [0.2, 0.25) is 0 Å². The molecule has 2 aliphatic heterocycles. The average molecular weight is 395 g/mol. The van der Waals surface area contributed by atoms with Crippen LogP contribution < -0.4 is 9.47 Å². The van der Waals surface area contributed by atoms with Gasteiger partial charge >= 0.3 is 12.2 Å². The van der Waals surface area contributed by atoms with E-state index in [9.17, 15) is 22.8 Å². The van der Waals surface area contributed by atoms with Crippen LogP contribution in [0.25, 0.3) is 0 Å². The van der Waals surface area contributed by atoms with E-state index >= 15 is 0 Å². The molecule has 0 N–H and O–H groups in total. The molecule has 1 aromatic rings. The Morgan fingerprint density at radius 1 is 1.18 bits per heavy atom. The molecule has 0 aliphatic carbocycles. The van der Waals surface area contributed by atoms with E-state index in [0.717, 1.165) is 11.1 Å². The van der Waals surface area contributed by atoms with Gasteiger partial charge in [0.15, 0.2) is 11.5 Å². The molecule has 2 aliphatic rings.